The molecule has 0 radical (unpaired) electrons. The Bertz CT molecular complexity index is 1840. The fraction of sp³-hybridized carbons (Fsp3) is 0.343. The highest BCUT2D eigenvalue weighted by atomic mass is 32.2. The number of imidazole rings is 1. The second-order valence-corrected chi connectivity index (χ2v) is 14.3. The van der Waals surface area contributed by atoms with Crippen LogP contribution in [0.5, 0.6) is 0 Å². The van der Waals surface area contributed by atoms with Crippen molar-refractivity contribution in [1.82, 2.24) is 24.1 Å². The van der Waals surface area contributed by atoms with E-state index in [9.17, 15) is 18.0 Å². The lowest BCUT2D eigenvalue weighted by atomic mass is 9.80. The summed E-state index contributed by atoms with van der Waals surface area (Å²) in [7, 11) is -3.77. The molecule has 4 N–H and O–H groups in total. The number of hydrogen-bond donors (Lipinski definition) is 3. The average Bonchev–Trinajstić information content (AvgIpc) is 3.52. The van der Waals surface area contributed by atoms with E-state index in [1.54, 1.807) is 24.3 Å². The summed E-state index contributed by atoms with van der Waals surface area (Å²) in [6.07, 6.45) is 2.34. The summed E-state index contributed by atoms with van der Waals surface area (Å²) in [5, 5.41) is 6.33. The second kappa shape index (κ2) is 14.3. The predicted molar refractivity (Wildman–Crippen MR) is 182 cm³/mol. The molecule has 1 atom stereocenters. The van der Waals surface area contributed by atoms with E-state index in [1.165, 1.54) is 9.21 Å². The van der Waals surface area contributed by atoms with Gasteiger partial charge in [-0.05, 0) is 55.3 Å². The van der Waals surface area contributed by atoms with Crippen LogP contribution in [-0.4, -0.2) is 78.4 Å². The Morgan fingerprint density at radius 2 is 1.69 bits per heavy atom. The number of nitrogens with two attached hydrogens (primary N) is 1. The molecule has 1 unspecified atom stereocenters. The largest absolute Gasteiger partial charge is 0.445 e. The predicted octanol–water partition coefficient (Wildman–Crippen LogP) is 3.54. The van der Waals surface area contributed by atoms with Crippen LogP contribution in [0.15, 0.2) is 90.0 Å². The van der Waals surface area contributed by atoms with Crippen molar-refractivity contribution < 1.29 is 22.7 Å². The number of carbonyl (C=O) groups excluding carboxylic acids is 2. The first-order valence-corrected chi connectivity index (χ1v) is 17.6. The van der Waals surface area contributed by atoms with Crippen molar-refractivity contribution in [2.75, 3.05) is 44.6 Å². The molecule has 1 aromatic heterocycles. The smallest absolute Gasteiger partial charge is 0.410 e. The number of aromatic nitrogens is 2. The van der Waals surface area contributed by atoms with Crippen LogP contribution in [0.2, 0.25) is 0 Å². The molecular weight excluding hydrogens is 630 g/mol. The molecule has 6 rings (SSSR count). The van der Waals surface area contributed by atoms with Gasteiger partial charge in [0.05, 0.1) is 16.0 Å². The van der Waals surface area contributed by atoms with Crippen LogP contribution in [0.3, 0.4) is 0 Å². The Labute approximate surface area is 280 Å². The third kappa shape index (κ3) is 7.14. The maximum Gasteiger partial charge on any atom is 0.410 e. The lowest BCUT2D eigenvalue weighted by molar-refractivity contribution is -0.122. The molecule has 1 fully saturated rings. The van der Waals surface area contributed by atoms with Crippen LogP contribution in [0.25, 0.3) is 11.3 Å². The zero-order valence-corrected chi connectivity index (χ0v) is 27.8. The van der Waals surface area contributed by atoms with Gasteiger partial charge >= 0.3 is 6.09 Å². The van der Waals surface area contributed by atoms with Crippen LogP contribution >= 0.6 is 0 Å². The molecule has 252 valence electrons. The van der Waals surface area contributed by atoms with Gasteiger partial charge in [-0.15, -0.1) is 0 Å². The highest BCUT2D eigenvalue weighted by Crippen LogP contribution is 2.35. The van der Waals surface area contributed by atoms with E-state index >= 15 is 0 Å². The molecule has 0 spiro atoms. The fourth-order valence-electron chi connectivity index (χ4n) is 5.97. The van der Waals surface area contributed by atoms with E-state index < -0.39 is 21.5 Å². The van der Waals surface area contributed by atoms with Gasteiger partial charge in [-0.25, -0.2) is 18.2 Å². The zero-order chi connectivity index (χ0) is 33.7. The summed E-state index contributed by atoms with van der Waals surface area (Å²) in [4.78, 5) is 32.2. The molecular formula is C35H41N7O5S. The third-order valence-corrected chi connectivity index (χ3v) is 10.9. The molecule has 2 amide bonds. The number of ether oxygens (including phenoxy) is 1. The summed E-state index contributed by atoms with van der Waals surface area (Å²) in [5.41, 5.74) is 9.05. The van der Waals surface area contributed by atoms with Gasteiger partial charge in [-0.2, -0.15) is 4.31 Å². The summed E-state index contributed by atoms with van der Waals surface area (Å²) in [6, 6.07) is 24.1. The van der Waals surface area contributed by atoms with Crippen molar-refractivity contribution in [2.45, 2.75) is 43.4 Å². The van der Waals surface area contributed by atoms with E-state index in [0.29, 0.717) is 24.7 Å². The van der Waals surface area contributed by atoms with Crippen molar-refractivity contribution >= 4 is 28.0 Å². The molecule has 0 bridgehead atoms. The number of sulfonamides is 1. The van der Waals surface area contributed by atoms with Crippen LogP contribution in [-0.2, 0) is 44.7 Å². The molecule has 1 saturated heterocycles. The minimum absolute atomic E-state index is 0.132. The summed E-state index contributed by atoms with van der Waals surface area (Å²) in [6.45, 7) is 5.57. The van der Waals surface area contributed by atoms with E-state index in [1.807, 2.05) is 72.3 Å². The van der Waals surface area contributed by atoms with Crippen LogP contribution in [0.1, 0.15) is 30.0 Å². The number of nitrogens with one attached hydrogen (secondary N) is 2. The highest BCUT2D eigenvalue weighted by molar-refractivity contribution is 7.89. The van der Waals surface area contributed by atoms with Crippen LogP contribution in [0.4, 0.5) is 10.7 Å². The molecule has 3 aromatic carbocycles. The SMILES string of the molecule is CC1(c2ccc(CNCCCN)cc2)Cn2cc(-c3ccc(S(=O)(=O)N4CCN(C(=O)OCc5ccccc5)CC4)cc3)nc2NC1=O. The van der Waals surface area contributed by atoms with Crippen molar-refractivity contribution in [3.63, 3.8) is 0 Å². The number of hydrogen-bond acceptors (Lipinski definition) is 8. The van der Waals surface area contributed by atoms with Gasteiger partial charge in [-0.3, -0.25) is 10.1 Å². The lowest BCUT2D eigenvalue weighted by Crippen LogP contribution is -2.50. The first-order chi connectivity index (χ1) is 23.2. The summed E-state index contributed by atoms with van der Waals surface area (Å²) >= 11 is 0. The van der Waals surface area contributed by atoms with E-state index in [4.69, 9.17) is 10.5 Å². The molecule has 4 aromatic rings. The van der Waals surface area contributed by atoms with Gasteiger partial charge in [0.15, 0.2) is 0 Å². The van der Waals surface area contributed by atoms with Crippen LogP contribution in [0, 0.1) is 0 Å². The summed E-state index contributed by atoms with van der Waals surface area (Å²) in [5.74, 6) is 0.317. The number of anilines is 1. The minimum Gasteiger partial charge on any atom is -0.445 e. The Morgan fingerprint density at radius 3 is 2.38 bits per heavy atom. The van der Waals surface area contributed by atoms with E-state index in [2.05, 4.69) is 15.6 Å². The molecule has 2 aliphatic rings. The van der Waals surface area contributed by atoms with Crippen molar-refractivity contribution in [3.8, 4) is 11.3 Å². The first kappa shape index (κ1) is 33.3. The van der Waals surface area contributed by atoms with Gasteiger partial charge in [-0.1, -0.05) is 66.7 Å². The third-order valence-electron chi connectivity index (χ3n) is 8.96. The van der Waals surface area contributed by atoms with Crippen molar-refractivity contribution in [2.24, 2.45) is 5.73 Å². The topological polar surface area (TPSA) is 152 Å². The Morgan fingerprint density at radius 1 is 0.979 bits per heavy atom. The maximum atomic E-state index is 13.4. The number of rotatable bonds is 11. The van der Waals surface area contributed by atoms with E-state index in [-0.39, 0.29) is 43.6 Å². The lowest BCUT2D eigenvalue weighted by Gasteiger charge is -2.33. The number of piperazine rings is 1. The minimum atomic E-state index is -3.77. The number of carbonyl (C=O) groups is 2. The standard InChI is InChI=1S/C35H41N7O5S/c1-35(29-12-8-26(9-13-29)22-37-17-5-16-36)25-41-23-31(38-33(41)39-32(35)43)28-10-14-30(15-11-28)48(45,46)42-20-18-40(19-21-42)34(44)47-24-27-6-3-2-4-7-27/h2-4,6-15,23,37H,5,16-22,24-25,36H2,1H3,(H,38,39,43). The molecule has 0 aliphatic carbocycles. The van der Waals surface area contributed by atoms with Crippen molar-refractivity contribution in [1.29, 1.82) is 0 Å². The second-order valence-electron chi connectivity index (χ2n) is 12.3. The summed E-state index contributed by atoms with van der Waals surface area (Å²) < 4.78 is 35.6. The first-order valence-electron chi connectivity index (χ1n) is 16.1. The number of fused-ring (bicyclic) bond motifs is 1. The normalized spacial score (nSPS) is 18.3. The highest BCUT2D eigenvalue weighted by Gasteiger charge is 2.40. The fourth-order valence-corrected chi connectivity index (χ4v) is 7.39. The van der Waals surface area contributed by atoms with Gasteiger partial charge in [0, 0.05) is 51.0 Å². The molecule has 48 heavy (non-hydrogen) atoms. The maximum absolute atomic E-state index is 13.4. The number of benzene rings is 3. The van der Waals surface area contributed by atoms with Gasteiger partial charge in [0.1, 0.15) is 6.61 Å². The van der Waals surface area contributed by atoms with Crippen LogP contribution < -0.4 is 16.4 Å². The molecule has 2 aliphatic heterocycles. The zero-order valence-electron chi connectivity index (χ0n) is 27.0. The number of amides is 2. The number of nitrogens with zero attached hydrogens (tertiary/aromatic N) is 4. The van der Waals surface area contributed by atoms with Crippen molar-refractivity contribution in [3.05, 3.63) is 102 Å². The van der Waals surface area contributed by atoms with Gasteiger partial charge in [0.25, 0.3) is 0 Å². The quantitative estimate of drug-likeness (QED) is 0.205. The van der Waals surface area contributed by atoms with Gasteiger partial charge in [0.2, 0.25) is 21.9 Å². The Hall–Kier alpha value is -4.56. The molecule has 0 saturated carbocycles. The monoisotopic (exact) mass is 671 g/mol. The molecule has 13 heteroatoms. The average molecular weight is 672 g/mol. The van der Waals surface area contributed by atoms with E-state index in [0.717, 1.165) is 41.8 Å². The Balaban J connectivity index is 1.07. The Kier molecular flexibility index (Phi) is 9.92. The molecule has 3 heterocycles. The molecule has 12 nitrogen and oxygen atoms in total. The van der Waals surface area contributed by atoms with Gasteiger partial charge < -0.3 is 25.3 Å².